The zero-order valence-corrected chi connectivity index (χ0v) is 24.1. The summed E-state index contributed by atoms with van der Waals surface area (Å²) in [5.41, 5.74) is 7.89. The largest absolute Gasteiger partial charge is 0.495 e. The first-order chi connectivity index (χ1) is 18.8. The first kappa shape index (κ1) is 28.9. The highest BCUT2D eigenvalue weighted by Crippen LogP contribution is 2.35. The van der Waals surface area contributed by atoms with Gasteiger partial charge in [0.05, 0.1) is 18.5 Å². The molecule has 1 atom stereocenters. The highest BCUT2D eigenvalue weighted by molar-refractivity contribution is 7.09. The number of anilines is 2. The zero-order valence-electron chi connectivity index (χ0n) is 23.3. The van der Waals surface area contributed by atoms with Crippen LogP contribution in [0.3, 0.4) is 0 Å². The number of nitrogens with one attached hydrogen (secondary N) is 2. The molecule has 0 unspecified atom stereocenters. The van der Waals surface area contributed by atoms with Crippen LogP contribution >= 0.6 is 11.5 Å². The van der Waals surface area contributed by atoms with Crippen LogP contribution in [0.25, 0.3) is 0 Å². The maximum Gasteiger partial charge on any atom is 0.273 e. The number of carbonyl (C=O) groups is 3. The Hall–Kier alpha value is -3.14. The lowest BCUT2D eigenvalue weighted by atomic mass is 9.95. The summed E-state index contributed by atoms with van der Waals surface area (Å²) in [6.45, 7) is 3.80. The lowest BCUT2D eigenvalue weighted by Crippen LogP contribution is -2.52. The van der Waals surface area contributed by atoms with Crippen LogP contribution in [0.2, 0.25) is 0 Å². The Morgan fingerprint density at radius 1 is 1.05 bits per heavy atom. The monoisotopic (exact) mass is 555 g/mol. The number of aryl methyl sites for hydroxylation is 1. The van der Waals surface area contributed by atoms with Crippen molar-refractivity contribution in [1.82, 2.24) is 15.0 Å². The minimum absolute atomic E-state index is 0.0393. The summed E-state index contributed by atoms with van der Waals surface area (Å²) in [5, 5.41) is 6.21. The summed E-state index contributed by atoms with van der Waals surface area (Å²) < 4.78 is 9.90. The molecule has 1 heterocycles. The van der Waals surface area contributed by atoms with Crippen LogP contribution in [0.4, 0.5) is 11.4 Å². The Balaban J connectivity index is 1.66. The number of hydrogen-bond acceptors (Lipinski definition) is 7. The van der Waals surface area contributed by atoms with Gasteiger partial charge in [-0.3, -0.25) is 19.3 Å². The van der Waals surface area contributed by atoms with E-state index in [2.05, 4.69) is 15.0 Å². The first-order valence-electron chi connectivity index (χ1n) is 14.2. The molecule has 212 valence electrons. The lowest BCUT2D eigenvalue weighted by molar-refractivity contribution is -0.123. The van der Waals surface area contributed by atoms with Gasteiger partial charge in [0.2, 0.25) is 5.91 Å². The molecule has 9 nitrogen and oxygen atoms in total. The average Bonchev–Trinajstić information content (AvgIpc) is 3.33. The minimum Gasteiger partial charge on any atom is -0.495 e. The van der Waals surface area contributed by atoms with Crippen molar-refractivity contribution in [2.45, 2.75) is 103 Å². The second-order valence-corrected chi connectivity index (χ2v) is 11.5. The summed E-state index contributed by atoms with van der Waals surface area (Å²) in [4.78, 5) is 42.5. The molecule has 1 aromatic carbocycles. The van der Waals surface area contributed by atoms with Gasteiger partial charge in [-0.1, -0.05) is 51.5 Å². The molecule has 3 amide bonds. The zero-order chi connectivity index (χ0) is 27.9. The Kier molecular flexibility index (Phi) is 9.83. The molecule has 4 rings (SSSR count). The highest BCUT2D eigenvalue weighted by atomic mass is 32.1. The van der Waals surface area contributed by atoms with Crippen LogP contribution in [-0.4, -0.2) is 47.3 Å². The van der Waals surface area contributed by atoms with E-state index in [0.29, 0.717) is 17.9 Å². The molecular weight excluding hydrogens is 514 g/mol. The SMILES string of the molecule is CC[C@@H](C(=O)NC1CCCCC1)N(C(=O)c1snc(C(=O)NC2CCCCC2)c1N)c1cc(C)ccc1OC. The number of hydrogen-bond donors (Lipinski definition) is 3. The van der Waals surface area contributed by atoms with Crippen molar-refractivity contribution in [1.29, 1.82) is 0 Å². The number of nitrogen functional groups attached to an aromatic ring is 1. The van der Waals surface area contributed by atoms with Crippen molar-refractivity contribution in [3.63, 3.8) is 0 Å². The molecule has 0 bridgehead atoms. The van der Waals surface area contributed by atoms with Crippen molar-refractivity contribution in [3.05, 3.63) is 34.3 Å². The summed E-state index contributed by atoms with van der Waals surface area (Å²) in [6.07, 6.45) is 10.8. The number of aromatic nitrogens is 1. The summed E-state index contributed by atoms with van der Waals surface area (Å²) in [6, 6.07) is 4.91. The number of nitrogens with two attached hydrogens (primary N) is 1. The van der Waals surface area contributed by atoms with Crippen molar-refractivity contribution in [2.24, 2.45) is 0 Å². The number of benzene rings is 1. The van der Waals surface area contributed by atoms with E-state index >= 15 is 0 Å². The fourth-order valence-electron chi connectivity index (χ4n) is 5.66. The summed E-state index contributed by atoms with van der Waals surface area (Å²) in [5.74, 6) is -0.580. The van der Waals surface area contributed by atoms with Gasteiger partial charge in [-0.2, -0.15) is 4.37 Å². The van der Waals surface area contributed by atoms with Crippen LogP contribution in [0.5, 0.6) is 5.75 Å². The molecule has 2 aromatic rings. The Bertz CT molecular complexity index is 1170. The van der Waals surface area contributed by atoms with E-state index < -0.39 is 11.9 Å². The summed E-state index contributed by atoms with van der Waals surface area (Å²) >= 11 is 0.891. The van der Waals surface area contributed by atoms with Gasteiger partial charge in [-0.05, 0) is 68.3 Å². The van der Waals surface area contributed by atoms with E-state index in [1.807, 2.05) is 26.0 Å². The van der Waals surface area contributed by atoms with E-state index in [1.54, 1.807) is 6.07 Å². The minimum atomic E-state index is -0.795. The van der Waals surface area contributed by atoms with E-state index in [0.717, 1.165) is 68.5 Å². The number of carbonyl (C=O) groups excluding carboxylic acids is 3. The average molecular weight is 556 g/mol. The topological polar surface area (TPSA) is 127 Å². The second kappa shape index (κ2) is 13.3. The third-order valence-corrected chi connectivity index (χ3v) is 8.69. The second-order valence-electron chi connectivity index (χ2n) is 10.7. The van der Waals surface area contributed by atoms with Gasteiger partial charge >= 0.3 is 0 Å². The summed E-state index contributed by atoms with van der Waals surface area (Å²) in [7, 11) is 1.54. The molecule has 2 fully saturated rings. The molecule has 0 aliphatic heterocycles. The van der Waals surface area contributed by atoms with Gasteiger partial charge < -0.3 is 21.1 Å². The van der Waals surface area contributed by atoms with Gasteiger partial charge in [0.1, 0.15) is 16.7 Å². The molecule has 39 heavy (non-hydrogen) atoms. The van der Waals surface area contributed by atoms with Crippen LogP contribution in [0.1, 0.15) is 103 Å². The first-order valence-corrected chi connectivity index (χ1v) is 15.0. The number of amides is 3. The van der Waals surface area contributed by atoms with Crippen molar-refractivity contribution in [2.75, 3.05) is 17.7 Å². The predicted octanol–water partition coefficient (Wildman–Crippen LogP) is 4.98. The number of rotatable bonds is 9. The smallest absolute Gasteiger partial charge is 0.273 e. The lowest BCUT2D eigenvalue weighted by Gasteiger charge is -2.33. The van der Waals surface area contributed by atoms with Gasteiger partial charge in [0.25, 0.3) is 11.8 Å². The van der Waals surface area contributed by atoms with Crippen LogP contribution < -0.4 is 26.0 Å². The van der Waals surface area contributed by atoms with E-state index in [9.17, 15) is 14.4 Å². The normalized spacial score (nSPS) is 17.3. The van der Waals surface area contributed by atoms with Gasteiger partial charge in [0.15, 0.2) is 5.69 Å². The molecule has 0 spiro atoms. The number of methoxy groups -OCH3 is 1. The molecule has 0 saturated heterocycles. The Labute approximate surface area is 235 Å². The fourth-order valence-corrected chi connectivity index (χ4v) is 6.40. The van der Waals surface area contributed by atoms with E-state index in [4.69, 9.17) is 10.5 Å². The van der Waals surface area contributed by atoms with Crippen LogP contribution in [-0.2, 0) is 4.79 Å². The molecule has 10 heteroatoms. The van der Waals surface area contributed by atoms with Crippen molar-refractivity contribution < 1.29 is 19.1 Å². The number of ether oxygens (including phenoxy) is 1. The Morgan fingerprint density at radius 3 is 2.26 bits per heavy atom. The van der Waals surface area contributed by atoms with Gasteiger partial charge in [0, 0.05) is 12.1 Å². The molecule has 2 saturated carbocycles. The maximum absolute atomic E-state index is 14.2. The van der Waals surface area contributed by atoms with Gasteiger partial charge in [-0.15, -0.1) is 0 Å². The Morgan fingerprint density at radius 2 is 1.67 bits per heavy atom. The molecule has 1 aromatic heterocycles. The molecule has 0 radical (unpaired) electrons. The van der Waals surface area contributed by atoms with Crippen LogP contribution in [0, 0.1) is 6.92 Å². The number of nitrogens with zero attached hydrogens (tertiary/aromatic N) is 2. The quantitative estimate of drug-likeness (QED) is 0.401. The van der Waals surface area contributed by atoms with Crippen LogP contribution in [0.15, 0.2) is 18.2 Å². The standard InChI is InChI=1S/C29H41N5O4S/c1-4-21(27(35)31-19-11-7-5-8-12-19)34(22-17-18(2)15-16-23(22)38-3)29(37)26-24(30)25(33-39-26)28(36)32-20-13-9-6-10-14-20/h15-17,19-21H,4-14,30H2,1-3H3,(H,31,35)(H,32,36)/t21-/m0/s1. The molecular formula is C29H41N5O4S. The highest BCUT2D eigenvalue weighted by Gasteiger charge is 2.36. The molecule has 2 aliphatic rings. The van der Waals surface area contributed by atoms with E-state index in [1.165, 1.54) is 24.9 Å². The van der Waals surface area contributed by atoms with Crippen molar-refractivity contribution >= 4 is 40.6 Å². The van der Waals surface area contributed by atoms with Gasteiger partial charge in [-0.25, -0.2) is 0 Å². The fraction of sp³-hybridized carbons (Fsp3) is 0.586. The van der Waals surface area contributed by atoms with E-state index in [-0.39, 0.29) is 40.2 Å². The van der Waals surface area contributed by atoms with Crippen molar-refractivity contribution in [3.8, 4) is 5.75 Å². The molecule has 2 aliphatic carbocycles. The predicted molar refractivity (Wildman–Crippen MR) is 155 cm³/mol. The maximum atomic E-state index is 14.2. The third-order valence-electron chi connectivity index (χ3n) is 7.84. The third kappa shape index (κ3) is 6.72. The molecule has 4 N–H and O–H groups in total.